The molecule has 0 fully saturated rings. The van der Waals surface area contributed by atoms with Crippen LogP contribution in [0.1, 0.15) is 16.7 Å². The summed E-state index contributed by atoms with van der Waals surface area (Å²) in [7, 11) is 1.51. The van der Waals surface area contributed by atoms with Crippen LogP contribution in [0.5, 0.6) is 5.75 Å². The molecule has 1 N–H and O–H groups in total. The summed E-state index contributed by atoms with van der Waals surface area (Å²) in [6.07, 6.45) is 0.715. The van der Waals surface area contributed by atoms with Crippen LogP contribution in [0.15, 0.2) is 42.5 Å². The molecular weight excluding hydrogens is 354 g/mol. The maximum Gasteiger partial charge on any atom is 0.310 e. The second-order valence-electron chi connectivity index (χ2n) is 5.82. The number of aryl methyl sites for hydroxylation is 1. The van der Waals surface area contributed by atoms with E-state index in [4.69, 9.17) is 21.1 Å². The van der Waals surface area contributed by atoms with Crippen LogP contribution in [0, 0.1) is 6.92 Å². The fraction of sp³-hybridized carbons (Fsp3) is 0.300. The number of esters is 1. The van der Waals surface area contributed by atoms with Crippen molar-refractivity contribution >= 4 is 23.5 Å². The molecule has 6 heteroatoms. The van der Waals surface area contributed by atoms with Crippen molar-refractivity contribution < 1.29 is 19.1 Å². The molecule has 0 radical (unpaired) electrons. The fourth-order valence-electron chi connectivity index (χ4n) is 2.52. The van der Waals surface area contributed by atoms with E-state index in [1.807, 2.05) is 31.2 Å². The van der Waals surface area contributed by atoms with E-state index >= 15 is 0 Å². The zero-order valence-electron chi connectivity index (χ0n) is 14.9. The molecule has 0 aliphatic rings. The van der Waals surface area contributed by atoms with Crippen molar-refractivity contribution in [1.29, 1.82) is 0 Å². The number of hydrogen-bond acceptors (Lipinski definition) is 4. The maximum atomic E-state index is 11.9. The largest absolute Gasteiger partial charge is 0.496 e. The van der Waals surface area contributed by atoms with Crippen LogP contribution in [-0.2, 0) is 27.2 Å². The van der Waals surface area contributed by atoms with Crippen molar-refractivity contribution in [1.82, 2.24) is 5.32 Å². The Bertz CT molecular complexity index is 776. The van der Waals surface area contributed by atoms with Gasteiger partial charge in [-0.1, -0.05) is 35.9 Å². The van der Waals surface area contributed by atoms with Gasteiger partial charge in [0.15, 0.2) is 6.61 Å². The SMILES string of the molecule is COc1ccc(Cl)cc1CC(=O)OCC(=O)NCCc1ccccc1C. The van der Waals surface area contributed by atoms with Crippen molar-refractivity contribution in [3.8, 4) is 5.75 Å². The lowest BCUT2D eigenvalue weighted by atomic mass is 10.1. The van der Waals surface area contributed by atoms with Gasteiger partial charge in [0.1, 0.15) is 5.75 Å². The Morgan fingerprint density at radius 1 is 1.12 bits per heavy atom. The van der Waals surface area contributed by atoms with Gasteiger partial charge in [-0.15, -0.1) is 0 Å². The highest BCUT2D eigenvalue weighted by atomic mass is 35.5. The number of nitrogens with one attached hydrogen (secondary N) is 1. The van der Waals surface area contributed by atoms with E-state index in [0.29, 0.717) is 22.9 Å². The van der Waals surface area contributed by atoms with Crippen LogP contribution in [0.4, 0.5) is 0 Å². The highest BCUT2D eigenvalue weighted by Gasteiger charge is 2.12. The van der Waals surface area contributed by atoms with Gasteiger partial charge in [0.05, 0.1) is 13.5 Å². The van der Waals surface area contributed by atoms with E-state index < -0.39 is 5.97 Å². The quantitative estimate of drug-likeness (QED) is 0.720. The molecule has 0 heterocycles. The molecule has 0 saturated carbocycles. The third kappa shape index (κ3) is 6.08. The zero-order chi connectivity index (χ0) is 18.9. The van der Waals surface area contributed by atoms with E-state index in [9.17, 15) is 9.59 Å². The molecule has 0 atom stereocenters. The van der Waals surface area contributed by atoms with Crippen molar-refractivity contribution in [2.75, 3.05) is 20.3 Å². The summed E-state index contributed by atoms with van der Waals surface area (Å²) >= 11 is 5.93. The van der Waals surface area contributed by atoms with Crippen LogP contribution < -0.4 is 10.1 Å². The smallest absolute Gasteiger partial charge is 0.310 e. The number of ether oxygens (including phenoxy) is 2. The van der Waals surface area contributed by atoms with Crippen molar-refractivity contribution in [2.24, 2.45) is 0 Å². The number of amides is 1. The second kappa shape index (κ2) is 9.82. The molecule has 2 aromatic rings. The third-order valence-corrected chi connectivity index (χ3v) is 4.15. The third-order valence-electron chi connectivity index (χ3n) is 3.92. The summed E-state index contributed by atoms with van der Waals surface area (Å²) in [5.74, 6) is -0.293. The first-order valence-electron chi connectivity index (χ1n) is 8.29. The van der Waals surface area contributed by atoms with E-state index in [1.165, 1.54) is 18.2 Å². The highest BCUT2D eigenvalue weighted by molar-refractivity contribution is 6.30. The molecule has 2 aromatic carbocycles. The monoisotopic (exact) mass is 375 g/mol. The molecule has 26 heavy (non-hydrogen) atoms. The molecule has 138 valence electrons. The number of hydrogen-bond donors (Lipinski definition) is 1. The molecule has 2 rings (SSSR count). The van der Waals surface area contributed by atoms with Gasteiger partial charge in [-0.05, 0) is 42.7 Å². The molecule has 0 aliphatic heterocycles. The second-order valence-corrected chi connectivity index (χ2v) is 6.26. The number of carbonyl (C=O) groups excluding carboxylic acids is 2. The molecule has 0 bridgehead atoms. The lowest BCUT2D eigenvalue weighted by Crippen LogP contribution is -2.30. The van der Waals surface area contributed by atoms with Gasteiger partial charge in [-0.25, -0.2) is 0 Å². The van der Waals surface area contributed by atoms with Gasteiger partial charge >= 0.3 is 5.97 Å². The summed E-state index contributed by atoms with van der Waals surface area (Å²) in [6.45, 7) is 2.21. The first-order valence-corrected chi connectivity index (χ1v) is 8.66. The molecule has 5 nitrogen and oxygen atoms in total. The summed E-state index contributed by atoms with van der Waals surface area (Å²) < 4.78 is 10.2. The van der Waals surface area contributed by atoms with Crippen LogP contribution in [0.25, 0.3) is 0 Å². The highest BCUT2D eigenvalue weighted by Crippen LogP contribution is 2.23. The summed E-state index contributed by atoms with van der Waals surface area (Å²) in [6, 6.07) is 13.0. The van der Waals surface area contributed by atoms with Crippen molar-refractivity contribution in [3.63, 3.8) is 0 Å². The van der Waals surface area contributed by atoms with Crippen LogP contribution in [-0.4, -0.2) is 32.1 Å². The van der Waals surface area contributed by atoms with Crippen molar-refractivity contribution in [2.45, 2.75) is 19.8 Å². The van der Waals surface area contributed by atoms with E-state index in [2.05, 4.69) is 5.32 Å². The minimum atomic E-state index is -0.514. The molecule has 0 aliphatic carbocycles. The lowest BCUT2D eigenvalue weighted by Gasteiger charge is -2.10. The molecule has 0 saturated heterocycles. The van der Waals surface area contributed by atoms with Crippen LogP contribution >= 0.6 is 11.6 Å². The Morgan fingerprint density at radius 2 is 1.88 bits per heavy atom. The number of benzene rings is 2. The van der Waals surface area contributed by atoms with Gasteiger partial charge in [-0.3, -0.25) is 9.59 Å². The van der Waals surface area contributed by atoms with Crippen molar-refractivity contribution in [3.05, 3.63) is 64.2 Å². The summed E-state index contributed by atoms with van der Waals surface area (Å²) in [5, 5.41) is 3.25. The summed E-state index contributed by atoms with van der Waals surface area (Å²) in [4.78, 5) is 23.8. The predicted molar refractivity (Wildman–Crippen MR) is 101 cm³/mol. The van der Waals surface area contributed by atoms with Gasteiger partial charge in [0.25, 0.3) is 5.91 Å². The molecular formula is C20H22ClNO4. The van der Waals surface area contributed by atoms with E-state index in [-0.39, 0.29) is 18.9 Å². The zero-order valence-corrected chi connectivity index (χ0v) is 15.6. The number of rotatable bonds is 8. The number of halogens is 1. The lowest BCUT2D eigenvalue weighted by molar-refractivity contribution is -0.147. The van der Waals surface area contributed by atoms with Crippen LogP contribution in [0.2, 0.25) is 5.02 Å². The molecule has 0 aromatic heterocycles. The predicted octanol–water partition coefficient (Wildman–Crippen LogP) is 3.10. The van der Waals surface area contributed by atoms with Crippen LogP contribution in [0.3, 0.4) is 0 Å². The van der Waals surface area contributed by atoms with Gasteiger partial charge in [-0.2, -0.15) is 0 Å². The maximum absolute atomic E-state index is 11.9. The average Bonchev–Trinajstić information content (AvgIpc) is 2.62. The Hall–Kier alpha value is -2.53. The first kappa shape index (κ1) is 19.8. The first-order chi connectivity index (χ1) is 12.5. The topological polar surface area (TPSA) is 64.6 Å². The average molecular weight is 376 g/mol. The normalized spacial score (nSPS) is 10.3. The molecule has 0 unspecified atom stereocenters. The van der Waals surface area contributed by atoms with Gasteiger partial charge in [0.2, 0.25) is 0 Å². The minimum absolute atomic E-state index is 0.0137. The summed E-state index contributed by atoms with van der Waals surface area (Å²) in [5.41, 5.74) is 2.98. The Morgan fingerprint density at radius 3 is 2.62 bits per heavy atom. The molecule has 0 spiro atoms. The fourth-order valence-corrected chi connectivity index (χ4v) is 2.71. The standard InChI is InChI=1S/C20H22ClNO4/c1-14-5-3-4-6-15(14)9-10-22-19(23)13-26-20(24)12-16-11-17(21)7-8-18(16)25-2/h3-8,11H,9-10,12-13H2,1-2H3,(H,22,23). The van der Waals surface area contributed by atoms with E-state index in [0.717, 1.165) is 6.42 Å². The Labute approximate surface area is 158 Å². The van der Waals surface area contributed by atoms with Gasteiger partial charge in [0, 0.05) is 17.1 Å². The Kier molecular flexibility index (Phi) is 7.48. The molecule has 1 amide bonds. The number of methoxy groups -OCH3 is 1. The van der Waals surface area contributed by atoms with E-state index in [1.54, 1.807) is 18.2 Å². The Balaban J connectivity index is 1.74. The van der Waals surface area contributed by atoms with Gasteiger partial charge < -0.3 is 14.8 Å². The number of carbonyl (C=O) groups is 2. The minimum Gasteiger partial charge on any atom is -0.496 e.